The standard InChI is InChI=1S/C15H23BrN2/c1-12-7-9-18(11-12)10-8-15(17-2)13-3-5-14(16)6-4-13/h3-6,12,15,17H,7-11H2,1-2H3. The van der Waals surface area contributed by atoms with E-state index in [1.807, 2.05) is 0 Å². The summed E-state index contributed by atoms with van der Waals surface area (Å²) in [6.45, 7) is 6.10. The van der Waals surface area contributed by atoms with Gasteiger partial charge >= 0.3 is 0 Å². The number of likely N-dealkylation sites (tertiary alicyclic amines) is 1. The zero-order valence-corrected chi connectivity index (χ0v) is 12.9. The van der Waals surface area contributed by atoms with Gasteiger partial charge in [0.05, 0.1) is 0 Å². The zero-order valence-electron chi connectivity index (χ0n) is 11.3. The maximum atomic E-state index is 3.49. The molecule has 3 heteroatoms. The fourth-order valence-corrected chi connectivity index (χ4v) is 2.98. The molecule has 0 aromatic heterocycles. The van der Waals surface area contributed by atoms with Crippen molar-refractivity contribution < 1.29 is 0 Å². The number of benzene rings is 1. The normalized spacial score (nSPS) is 22.3. The van der Waals surface area contributed by atoms with E-state index < -0.39 is 0 Å². The molecule has 2 rings (SSSR count). The van der Waals surface area contributed by atoms with Crippen LogP contribution in [0.2, 0.25) is 0 Å². The van der Waals surface area contributed by atoms with E-state index in [9.17, 15) is 0 Å². The van der Waals surface area contributed by atoms with Crippen LogP contribution in [0.5, 0.6) is 0 Å². The summed E-state index contributed by atoms with van der Waals surface area (Å²) >= 11 is 3.49. The molecule has 0 saturated carbocycles. The number of rotatable bonds is 5. The predicted octanol–water partition coefficient (Wildman–Crippen LogP) is 3.44. The smallest absolute Gasteiger partial charge is 0.0329 e. The third kappa shape index (κ3) is 3.81. The van der Waals surface area contributed by atoms with Gasteiger partial charge < -0.3 is 10.2 Å². The van der Waals surface area contributed by atoms with Crippen LogP contribution in [0.15, 0.2) is 28.7 Å². The lowest BCUT2D eigenvalue weighted by molar-refractivity contribution is 0.305. The van der Waals surface area contributed by atoms with E-state index in [0.717, 1.165) is 10.4 Å². The molecule has 1 aromatic carbocycles. The van der Waals surface area contributed by atoms with Crippen LogP contribution in [0.3, 0.4) is 0 Å². The minimum absolute atomic E-state index is 0.467. The molecule has 2 atom stereocenters. The van der Waals surface area contributed by atoms with Gasteiger partial charge in [-0.15, -0.1) is 0 Å². The molecule has 1 aromatic rings. The molecule has 0 aliphatic carbocycles. The van der Waals surface area contributed by atoms with E-state index in [0.29, 0.717) is 6.04 Å². The van der Waals surface area contributed by atoms with Crippen molar-refractivity contribution in [2.45, 2.75) is 25.8 Å². The lowest BCUT2D eigenvalue weighted by Gasteiger charge is -2.21. The molecule has 0 radical (unpaired) electrons. The molecule has 100 valence electrons. The van der Waals surface area contributed by atoms with Crippen LogP contribution in [0, 0.1) is 5.92 Å². The molecular weight excluding hydrogens is 288 g/mol. The summed E-state index contributed by atoms with van der Waals surface area (Å²) in [5, 5.41) is 3.43. The third-order valence-electron chi connectivity index (χ3n) is 3.86. The minimum atomic E-state index is 0.467. The average Bonchev–Trinajstić information content (AvgIpc) is 2.78. The maximum absolute atomic E-state index is 3.49. The van der Waals surface area contributed by atoms with Crippen LogP contribution in [0.25, 0.3) is 0 Å². The van der Waals surface area contributed by atoms with E-state index >= 15 is 0 Å². The Kier molecular flexibility index (Phi) is 5.22. The first-order valence-electron chi connectivity index (χ1n) is 6.84. The molecule has 1 N–H and O–H groups in total. The topological polar surface area (TPSA) is 15.3 Å². The van der Waals surface area contributed by atoms with Gasteiger partial charge in [-0.25, -0.2) is 0 Å². The van der Waals surface area contributed by atoms with Crippen LogP contribution < -0.4 is 5.32 Å². The number of nitrogens with zero attached hydrogens (tertiary/aromatic N) is 1. The Morgan fingerprint density at radius 3 is 2.67 bits per heavy atom. The van der Waals surface area contributed by atoms with Crippen molar-refractivity contribution in [1.82, 2.24) is 10.2 Å². The summed E-state index contributed by atoms with van der Waals surface area (Å²) in [5.41, 5.74) is 1.38. The van der Waals surface area contributed by atoms with Gasteiger partial charge in [0.1, 0.15) is 0 Å². The van der Waals surface area contributed by atoms with Crippen molar-refractivity contribution in [2.24, 2.45) is 5.92 Å². The molecule has 1 fully saturated rings. The molecule has 1 heterocycles. The lowest BCUT2D eigenvalue weighted by atomic mass is 10.0. The SMILES string of the molecule is CNC(CCN1CCC(C)C1)c1ccc(Br)cc1. The predicted molar refractivity (Wildman–Crippen MR) is 80.8 cm³/mol. The van der Waals surface area contributed by atoms with Gasteiger partial charge in [-0.1, -0.05) is 35.0 Å². The van der Waals surface area contributed by atoms with Gasteiger partial charge in [-0.3, -0.25) is 0 Å². The average molecular weight is 311 g/mol. The maximum Gasteiger partial charge on any atom is 0.0329 e. The number of hydrogen-bond acceptors (Lipinski definition) is 2. The van der Waals surface area contributed by atoms with E-state index in [-0.39, 0.29) is 0 Å². The van der Waals surface area contributed by atoms with Crippen LogP contribution >= 0.6 is 15.9 Å². The lowest BCUT2D eigenvalue weighted by Crippen LogP contribution is -2.26. The van der Waals surface area contributed by atoms with Gasteiger partial charge in [-0.2, -0.15) is 0 Å². The van der Waals surface area contributed by atoms with Gasteiger partial charge in [0, 0.05) is 17.1 Å². The summed E-state index contributed by atoms with van der Waals surface area (Å²) in [5.74, 6) is 0.880. The number of halogens is 1. The summed E-state index contributed by atoms with van der Waals surface area (Å²) < 4.78 is 1.15. The van der Waals surface area contributed by atoms with E-state index in [4.69, 9.17) is 0 Å². The molecule has 18 heavy (non-hydrogen) atoms. The largest absolute Gasteiger partial charge is 0.313 e. The Bertz CT molecular complexity index is 363. The van der Waals surface area contributed by atoms with E-state index in [2.05, 4.69) is 64.4 Å². The quantitative estimate of drug-likeness (QED) is 0.896. The Hall–Kier alpha value is -0.380. The third-order valence-corrected chi connectivity index (χ3v) is 4.39. The summed E-state index contributed by atoms with van der Waals surface area (Å²) in [6.07, 6.45) is 2.55. The van der Waals surface area contributed by atoms with E-state index in [1.54, 1.807) is 0 Å². The molecule has 2 unspecified atom stereocenters. The molecule has 0 amide bonds. The molecule has 2 nitrogen and oxygen atoms in total. The van der Waals surface area contributed by atoms with Gasteiger partial charge in [0.15, 0.2) is 0 Å². The van der Waals surface area contributed by atoms with Crippen molar-refractivity contribution in [3.63, 3.8) is 0 Å². The molecular formula is C15H23BrN2. The first kappa shape index (κ1) is 14.0. The molecule has 0 bridgehead atoms. The Labute approximate surface area is 119 Å². The van der Waals surface area contributed by atoms with Crippen molar-refractivity contribution in [3.8, 4) is 0 Å². The van der Waals surface area contributed by atoms with Crippen molar-refractivity contribution in [1.29, 1.82) is 0 Å². The second-order valence-corrected chi connectivity index (χ2v) is 6.29. The Morgan fingerprint density at radius 1 is 1.39 bits per heavy atom. The van der Waals surface area contributed by atoms with Gasteiger partial charge in [-0.05, 0) is 56.6 Å². The first-order chi connectivity index (χ1) is 8.69. The molecule has 1 saturated heterocycles. The molecule has 0 spiro atoms. The van der Waals surface area contributed by atoms with Crippen LogP contribution in [0.4, 0.5) is 0 Å². The highest BCUT2D eigenvalue weighted by Crippen LogP contribution is 2.21. The monoisotopic (exact) mass is 310 g/mol. The number of hydrogen-bond donors (Lipinski definition) is 1. The van der Waals surface area contributed by atoms with Gasteiger partial charge in [0.25, 0.3) is 0 Å². The summed E-state index contributed by atoms with van der Waals surface area (Å²) in [7, 11) is 2.05. The summed E-state index contributed by atoms with van der Waals surface area (Å²) in [4.78, 5) is 2.59. The second kappa shape index (κ2) is 6.69. The van der Waals surface area contributed by atoms with Gasteiger partial charge in [0.2, 0.25) is 0 Å². The number of nitrogens with one attached hydrogen (secondary N) is 1. The fraction of sp³-hybridized carbons (Fsp3) is 0.600. The Balaban J connectivity index is 1.87. The van der Waals surface area contributed by atoms with E-state index in [1.165, 1.54) is 38.0 Å². The highest BCUT2D eigenvalue weighted by molar-refractivity contribution is 9.10. The summed E-state index contributed by atoms with van der Waals surface area (Å²) in [6, 6.07) is 9.12. The van der Waals surface area contributed by atoms with Crippen LogP contribution in [-0.4, -0.2) is 31.6 Å². The fourth-order valence-electron chi connectivity index (χ4n) is 2.71. The minimum Gasteiger partial charge on any atom is -0.313 e. The Morgan fingerprint density at radius 2 is 2.11 bits per heavy atom. The molecule has 1 aliphatic rings. The van der Waals surface area contributed by atoms with Crippen LogP contribution in [-0.2, 0) is 0 Å². The zero-order chi connectivity index (χ0) is 13.0. The van der Waals surface area contributed by atoms with Crippen molar-refractivity contribution in [2.75, 3.05) is 26.7 Å². The van der Waals surface area contributed by atoms with Crippen molar-refractivity contribution in [3.05, 3.63) is 34.3 Å². The second-order valence-electron chi connectivity index (χ2n) is 5.38. The van der Waals surface area contributed by atoms with Crippen molar-refractivity contribution >= 4 is 15.9 Å². The highest BCUT2D eigenvalue weighted by Gasteiger charge is 2.19. The highest BCUT2D eigenvalue weighted by atomic mass is 79.9. The van der Waals surface area contributed by atoms with Crippen LogP contribution in [0.1, 0.15) is 31.4 Å². The molecule has 1 aliphatic heterocycles. The first-order valence-corrected chi connectivity index (χ1v) is 7.63.